The van der Waals surface area contributed by atoms with Crippen LogP contribution >= 0.6 is 0 Å². The van der Waals surface area contributed by atoms with Gasteiger partial charge in [-0.25, -0.2) is 0 Å². The normalized spacial score (nSPS) is 16.9. The minimum Gasteiger partial charge on any atom is -0.423 e. The molecule has 4 aromatic rings. The second-order valence-corrected chi connectivity index (χ2v) is 6.47. The summed E-state index contributed by atoms with van der Waals surface area (Å²) in [6.45, 7) is 0. The Balaban J connectivity index is 1.58. The van der Waals surface area contributed by atoms with Gasteiger partial charge in [-0.1, -0.05) is 24.3 Å². The average molecular weight is 331 g/mol. The number of benzene rings is 2. The highest BCUT2D eigenvalue weighted by atomic mass is 16.4. The number of anilines is 2. The number of aliphatic hydroxyl groups is 1. The fourth-order valence-electron chi connectivity index (χ4n) is 3.58. The quantitative estimate of drug-likeness (QED) is 0.581. The van der Waals surface area contributed by atoms with E-state index in [9.17, 15) is 5.11 Å². The van der Waals surface area contributed by atoms with E-state index in [0.717, 1.165) is 46.1 Å². The first-order chi connectivity index (χ1) is 12.3. The Morgan fingerprint density at radius 1 is 1.08 bits per heavy atom. The van der Waals surface area contributed by atoms with Gasteiger partial charge in [0, 0.05) is 17.5 Å². The minimum absolute atomic E-state index is 0.285. The molecule has 5 rings (SSSR count). The van der Waals surface area contributed by atoms with Gasteiger partial charge in [0.25, 0.3) is 6.01 Å². The van der Waals surface area contributed by atoms with Gasteiger partial charge in [-0.05, 0) is 42.2 Å². The second kappa shape index (κ2) is 5.57. The van der Waals surface area contributed by atoms with E-state index in [0.29, 0.717) is 12.4 Å². The number of hydrogen-bond donors (Lipinski definition) is 2. The summed E-state index contributed by atoms with van der Waals surface area (Å²) in [5.74, 6) is 0. The van der Waals surface area contributed by atoms with Crippen molar-refractivity contribution in [2.45, 2.75) is 25.4 Å². The fourth-order valence-corrected chi connectivity index (χ4v) is 3.58. The predicted octanol–water partition coefficient (Wildman–Crippen LogP) is 3.97. The molecule has 1 aliphatic carbocycles. The van der Waals surface area contributed by atoms with Crippen LogP contribution in [0.15, 0.2) is 53.1 Å². The summed E-state index contributed by atoms with van der Waals surface area (Å²) in [4.78, 5) is 8.95. The zero-order chi connectivity index (χ0) is 16.8. The van der Waals surface area contributed by atoms with Crippen LogP contribution in [0, 0.1) is 0 Å². The van der Waals surface area contributed by atoms with Gasteiger partial charge in [0.15, 0.2) is 5.58 Å². The first-order valence-corrected chi connectivity index (χ1v) is 8.48. The highest BCUT2D eigenvalue weighted by Gasteiger charge is 2.20. The highest BCUT2D eigenvalue weighted by molar-refractivity contribution is 6.00. The van der Waals surface area contributed by atoms with Crippen molar-refractivity contribution >= 4 is 33.7 Å². The predicted molar refractivity (Wildman–Crippen MR) is 97.1 cm³/mol. The number of nitrogens with one attached hydrogen (secondary N) is 1. The Labute approximate surface area is 144 Å². The number of pyridine rings is 1. The van der Waals surface area contributed by atoms with Crippen LogP contribution in [-0.2, 0) is 12.8 Å². The molecule has 0 spiro atoms. The topological polar surface area (TPSA) is 71.2 Å². The Bertz CT molecular complexity index is 1090. The summed E-state index contributed by atoms with van der Waals surface area (Å²) in [6, 6.07) is 14.5. The molecule has 2 heterocycles. The first-order valence-electron chi connectivity index (χ1n) is 8.48. The lowest BCUT2D eigenvalue weighted by atomic mass is 9.88. The molecule has 2 aromatic carbocycles. The molecule has 124 valence electrons. The lowest BCUT2D eigenvalue weighted by Gasteiger charge is -2.23. The molecule has 1 aliphatic rings. The summed E-state index contributed by atoms with van der Waals surface area (Å²) in [5, 5.41) is 14.2. The molecule has 0 bridgehead atoms. The van der Waals surface area contributed by atoms with E-state index in [-0.39, 0.29) is 6.10 Å². The highest BCUT2D eigenvalue weighted by Crippen LogP contribution is 2.32. The number of aliphatic hydroxyl groups excluding tert-OH is 1. The zero-order valence-electron chi connectivity index (χ0n) is 13.6. The third kappa shape index (κ3) is 2.44. The van der Waals surface area contributed by atoms with Gasteiger partial charge >= 0.3 is 0 Å². The van der Waals surface area contributed by atoms with Crippen LogP contribution in [0.3, 0.4) is 0 Å². The average Bonchev–Trinajstić information content (AvgIpc) is 3.05. The molecule has 0 amide bonds. The Morgan fingerprint density at radius 3 is 2.96 bits per heavy atom. The zero-order valence-corrected chi connectivity index (χ0v) is 13.6. The molecule has 2 aromatic heterocycles. The molecule has 0 saturated heterocycles. The maximum atomic E-state index is 10.0. The Morgan fingerprint density at radius 2 is 2.00 bits per heavy atom. The molecule has 0 fully saturated rings. The van der Waals surface area contributed by atoms with Crippen LogP contribution in [0.2, 0.25) is 0 Å². The van der Waals surface area contributed by atoms with E-state index in [1.807, 2.05) is 36.4 Å². The lowest BCUT2D eigenvalue weighted by Crippen LogP contribution is -2.19. The van der Waals surface area contributed by atoms with Crippen LogP contribution in [-0.4, -0.2) is 21.2 Å². The molecule has 0 unspecified atom stereocenters. The van der Waals surface area contributed by atoms with Gasteiger partial charge in [-0.2, -0.15) is 4.98 Å². The molecule has 25 heavy (non-hydrogen) atoms. The van der Waals surface area contributed by atoms with E-state index in [1.165, 1.54) is 5.56 Å². The summed E-state index contributed by atoms with van der Waals surface area (Å²) in [5.41, 5.74) is 5.71. The number of aromatic nitrogens is 2. The number of aryl methyl sites for hydroxylation is 1. The number of hydrogen-bond acceptors (Lipinski definition) is 5. The molecule has 0 aliphatic heterocycles. The monoisotopic (exact) mass is 331 g/mol. The largest absolute Gasteiger partial charge is 0.423 e. The van der Waals surface area contributed by atoms with Gasteiger partial charge in [0.2, 0.25) is 0 Å². The van der Waals surface area contributed by atoms with E-state index < -0.39 is 0 Å². The van der Waals surface area contributed by atoms with Crippen LogP contribution < -0.4 is 5.32 Å². The molecule has 2 N–H and O–H groups in total. The summed E-state index contributed by atoms with van der Waals surface area (Å²) >= 11 is 0. The molecular formula is C20H17N3O2. The standard InChI is InChI=1S/C20H17N3O2/c24-13-9-8-12-4-3-7-17(15(12)10-13)22-20-23-18-11-21-16-6-2-1-5-14(16)19(18)25-20/h1-7,11,13,24H,8-10H2,(H,22,23)/t13-/m0/s1. The number of nitrogens with zero attached hydrogens (tertiary/aromatic N) is 2. The molecule has 0 radical (unpaired) electrons. The Kier molecular flexibility index (Phi) is 3.21. The fraction of sp³-hybridized carbons (Fsp3) is 0.200. The van der Waals surface area contributed by atoms with Crippen molar-refractivity contribution in [1.29, 1.82) is 0 Å². The van der Waals surface area contributed by atoms with Crippen molar-refractivity contribution in [2.24, 2.45) is 0 Å². The van der Waals surface area contributed by atoms with E-state index in [4.69, 9.17) is 4.42 Å². The van der Waals surface area contributed by atoms with E-state index in [2.05, 4.69) is 21.4 Å². The van der Waals surface area contributed by atoms with Crippen molar-refractivity contribution < 1.29 is 9.52 Å². The number of fused-ring (bicyclic) bond motifs is 4. The van der Waals surface area contributed by atoms with Gasteiger partial charge in [-0.15, -0.1) is 0 Å². The smallest absolute Gasteiger partial charge is 0.300 e. The number of para-hydroxylation sites is 1. The van der Waals surface area contributed by atoms with Crippen molar-refractivity contribution in [3.8, 4) is 0 Å². The van der Waals surface area contributed by atoms with E-state index >= 15 is 0 Å². The number of rotatable bonds is 2. The maximum absolute atomic E-state index is 10.0. The van der Waals surface area contributed by atoms with Crippen LogP contribution in [0.5, 0.6) is 0 Å². The van der Waals surface area contributed by atoms with E-state index in [1.54, 1.807) is 6.20 Å². The van der Waals surface area contributed by atoms with Crippen LogP contribution in [0.25, 0.3) is 22.0 Å². The molecule has 5 nitrogen and oxygen atoms in total. The number of oxazole rings is 1. The van der Waals surface area contributed by atoms with Crippen molar-refractivity contribution in [3.05, 3.63) is 59.8 Å². The maximum Gasteiger partial charge on any atom is 0.300 e. The third-order valence-electron chi connectivity index (χ3n) is 4.83. The van der Waals surface area contributed by atoms with Crippen LogP contribution in [0.1, 0.15) is 17.5 Å². The second-order valence-electron chi connectivity index (χ2n) is 6.47. The summed E-state index contributed by atoms with van der Waals surface area (Å²) in [6.07, 6.45) is 3.82. The molecular weight excluding hydrogens is 314 g/mol. The van der Waals surface area contributed by atoms with Crippen molar-refractivity contribution in [2.75, 3.05) is 5.32 Å². The summed E-state index contributed by atoms with van der Waals surface area (Å²) < 4.78 is 5.98. The van der Waals surface area contributed by atoms with Crippen LogP contribution in [0.4, 0.5) is 11.7 Å². The third-order valence-corrected chi connectivity index (χ3v) is 4.83. The first kappa shape index (κ1) is 14.4. The minimum atomic E-state index is -0.285. The lowest BCUT2D eigenvalue weighted by molar-refractivity contribution is 0.159. The van der Waals surface area contributed by atoms with Gasteiger partial charge in [0.1, 0.15) is 5.52 Å². The van der Waals surface area contributed by atoms with Gasteiger partial charge in [0.05, 0.1) is 17.8 Å². The summed E-state index contributed by atoms with van der Waals surface area (Å²) in [7, 11) is 0. The Hall–Kier alpha value is -2.92. The van der Waals surface area contributed by atoms with Gasteiger partial charge in [-0.3, -0.25) is 4.98 Å². The SMILES string of the molecule is O[C@H]1CCc2cccc(Nc3nc4cnc5ccccc5c4o3)c2C1. The molecule has 0 saturated carbocycles. The van der Waals surface area contributed by atoms with Gasteiger partial charge < -0.3 is 14.8 Å². The van der Waals surface area contributed by atoms with Crippen molar-refractivity contribution in [1.82, 2.24) is 9.97 Å². The molecule has 5 heteroatoms. The molecule has 1 atom stereocenters. The van der Waals surface area contributed by atoms with Crippen molar-refractivity contribution in [3.63, 3.8) is 0 Å².